The molecule has 0 spiro atoms. The molecule has 4 nitrogen and oxygen atoms in total. The Morgan fingerprint density at radius 2 is 1.94 bits per heavy atom. The van der Waals surface area contributed by atoms with Crippen LogP contribution in [0.3, 0.4) is 0 Å². The lowest BCUT2D eigenvalue weighted by atomic mass is 10.1. The highest BCUT2D eigenvalue weighted by atomic mass is 31.2. The molecule has 0 saturated carbocycles. The van der Waals surface area contributed by atoms with Gasteiger partial charge in [-0.05, 0) is 24.6 Å². The summed E-state index contributed by atoms with van der Waals surface area (Å²) in [6.45, 7) is 5.34. The van der Waals surface area contributed by atoms with Crippen LogP contribution < -0.4 is 5.73 Å². The molecule has 0 aromatic heterocycles. The minimum atomic E-state index is -2.58. The summed E-state index contributed by atoms with van der Waals surface area (Å²) in [6.07, 6.45) is -0.169. The summed E-state index contributed by atoms with van der Waals surface area (Å²) >= 11 is 0. The predicted octanol–water partition coefficient (Wildman–Crippen LogP) is 2.48. The third-order valence-electron chi connectivity index (χ3n) is 2.70. The number of nitrogens with zero attached hydrogens (tertiary/aromatic N) is 1. The van der Waals surface area contributed by atoms with Crippen LogP contribution in [0, 0.1) is 0 Å². The molecule has 2 rings (SSSR count). The number of nitrogens with two attached hydrogens (primary N) is 1. The first-order valence-electron chi connectivity index (χ1n) is 5.36. The van der Waals surface area contributed by atoms with Crippen LogP contribution in [-0.4, -0.2) is 24.4 Å². The van der Waals surface area contributed by atoms with Crippen molar-refractivity contribution in [3.63, 3.8) is 0 Å². The van der Waals surface area contributed by atoms with Gasteiger partial charge in [0.15, 0.2) is 0 Å². The molecule has 1 heterocycles. The first-order chi connectivity index (χ1) is 7.49. The summed E-state index contributed by atoms with van der Waals surface area (Å²) in [4.78, 5) is 0. The van der Waals surface area contributed by atoms with Crippen LogP contribution in [0.2, 0.25) is 0 Å². The molecule has 0 radical (unpaired) electrons. The maximum atomic E-state index is 12.1. The fourth-order valence-corrected chi connectivity index (χ4v) is 3.25. The Bertz CT molecular complexity index is 414. The van der Waals surface area contributed by atoms with Gasteiger partial charge in [-0.3, -0.25) is 4.57 Å². The number of hydrogen-bond donors (Lipinski definition) is 1. The summed E-state index contributed by atoms with van der Waals surface area (Å²) < 4.78 is 19.6. The van der Waals surface area contributed by atoms with Gasteiger partial charge in [0.05, 0.1) is 6.10 Å². The van der Waals surface area contributed by atoms with E-state index in [1.807, 2.05) is 35.9 Å². The number of benzene rings is 1. The van der Waals surface area contributed by atoms with Crippen molar-refractivity contribution in [3.8, 4) is 0 Å². The first-order valence-corrected chi connectivity index (χ1v) is 7.38. The standard InChI is InChI=1S/C11H17N2O2P/c1-9(10-3-5-11(12)6-4-10)15-16(2,14)13-7-8-13/h3-6,9H,7-8,12H2,1-2H3. The van der Waals surface area contributed by atoms with E-state index in [-0.39, 0.29) is 6.10 Å². The van der Waals surface area contributed by atoms with Crippen molar-refractivity contribution in [2.75, 3.05) is 25.5 Å². The highest BCUT2D eigenvalue weighted by Crippen LogP contribution is 2.54. The van der Waals surface area contributed by atoms with E-state index < -0.39 is 7.52 Å². The van der Waals surface area contributed by atoms with Gasteiger partial charge in [0.2, 0.25) is 0 Å². The molecule has 1 aliphatic heterocycles. The van der Waals surface area contributed by atoms with E-state index in [4.69, 9.17) is 10.3 Å². The van der Waals surface area contributed by atoms with E-state index in [2.05, 4.69) is 0 Å². The molecule has 5 heteroatoms. The fraction of sp³-hybridized carbons (Fsp3) is 0.455. The average molecular weight is 240 g/mol. The minimum Gasteiger partial charge on any atom is -0.399 e. The molecule has 2 N–H and O–H groups in total. The Kier molecular flexibility index (Phi) is 3.06. The molecule has 2 unspecified atom stereocenters. The third kappa shape index (κ3) is 2.64. The highest BCUT2D eigenvalue weighted by molar-refractivity contribution is 7.55. The topological polar surface area (TPSA) is 55.3 Å². The van der Waals surface area contributed by atoms with Crippen LogP contribution in [0.5, 0.6) is 0 Å². The van der Waals surface area contributed by atoms with Gasteiger partial charge < -0.3 is 10.3 Å². The molecule has 1 aliphatic rings. The van der Waals surface area contributed by atoms with Crippen molar-refractivity contribution < 1.29 is 9.09 Å². The molecule has 88 valence electrons. The zero-order valence-corrected chi connectivity index (χ0v) is 10.5. The Morgan fingerprint density at radius 1 is 1.38 bits per heavy atom. The average Bonchev–Trinajstić information content (AvgIpc) is 3.01. The summed E-state index contributed by atoms with van der Waals surface area (Å²) in [5.74, 6) is 0. The summed E-state index contributed by atoms with van der Waals surface area (Å²) in [7, 11) is -2.58. The summed E-state index contributed by atoms with van der Waals surface area (Å²) in [5.41, 5.74) is 7.33. The van der Waals surface area contributed by atoms with Crippen molar-refractivity contribution >= 4 is 13.2 Å². The van der Waals surface area contributed by atoms with Crippen LogP contribution in [0.4, 0.5) is 5.69 Å². The van der Waals surface area contributed by atoms with Crippen LogP contribution in [0.1, 0.15) is 18.6 Å². The van der Waals surface area contributed by atoms with E-state index in [1.165, 1.54) is 0 Å². The summed E-state index contributed by atoms with van der Waals surface area (Å²) in [5, 5.41) is 0. The number of rotatable bonds is 4. The molecule has 16 heavy (non-hydrogen) atoms. The lowest BCUT2D eigenvalue weighted by Gasteiger charge is -2.20. The lowest BCUT2D eigenvalue weighted by Crippen LogP contribution is -2.03. The molecule has 0 bridgehead atoms. The second-order valence-electron chi connectivity index (χ2n) is 4.17. The Balaban J connectivity index is 2.05. The van der Waals surface area contributed by atoms with E-state index in [0.717, 1.165) is 24.3 Å². The molecular formula is C11H17N2O2P. The van der Waals surface area contributed by atoms with Crippen molar-refractivity contribution in [1.29, 1.82) is 0 Å². The Morgan fingerprint density at radius 3 is 2.44 bits per heavy atom. The second-order valence-corrected chi connectivity index (χ2v) is 6.55. The Labute approximate surface area is 95.9 Å². The zero-order valence-electron chi connectivity index (χ0n) is 9.59. The molecule has 1 fully saturated rings. The maximum Gasteiger partial charge on any atom is 0.270 e. The van der Waals surface area contributed by atoms with Gasteiger partial charge in [-0.1, -0.05) is 12.1 Å². The largest absolute Gasteiger partial charge is 0.399 e. The van der Waals surface area contributed by atoms with Gasteiger partial charge in [0.1, 0.15) is 0 Å². The molecule has 1 aromatic carbocycles. The van der Waals surface area contributed by atoms with Gasteiger partial charge in [-0.25, -0.2) is 4.67 Å². The van der Waals surface area contributed by atoms with Crippen LogP contribution in [0.15, 0.2) is 24.3 Å². The number of nitrogen functional groups attached to an aromatic ring is 1. The van der Waals surface area contributed by atoms with E-state index in [0.29, 0.717) is 0 Å². The van der Waals surface area contributed by atoms with Crippen molar-refractivity contribution in [2.24, 2.45) is 0 Å². The quantitative estimate of drug-likeness (QED) is 0.499. The van der Waals surface area contributed by atoms with Crippen molar-refractivity contribution in [2.45, 2.75) is 13.0 Å². The van der Waals surface area contributed by atoms with Crippen LogP contribution in [0.25, 0.3) is 0 Å². The Hall–Kier alpha value is -0.830. The van der Waals surface area contributed by atoms with Gasteiger partial charge in [0.25, 0.3) is 7.52 Å². The van der Waals surface area contributed by atoms with Crippen LogP contribution >= 0.6 is 7.52 Å². The van der Waals surface area contributed by atoms with Gasteiger partial charge in [-0.15, -0.1) is 0 Å². The SMILES string of the molecule is CC(OP(C)(=O)N1CC1)c1ccc(N)cc1. The van der Waals surface area contributed by atoms with Crippen LogP contribution in [-0.2, 0) is 9.09 Å². The van der Waals surface area contributed by atoms with E-state index in [1.54, 1.807) is 6.66 Å². The van der Waals surface area contributed by atoms with E-state index in [9.17, 15) is 4.57 Å². The predicted molar refractivity (Wildman–Crippen MR) is 65.5 cm³/mol. The van der Waals surface area contributed by atoms with Crippen molar-refractivity contribution in [3.05, 3.63) is 29.8 Å². The monoisotopic (exact) mass is 240 g/mol. The lowest BCUT2D eigenvalue weighted by molar-refractivity contribution is 0.218. The van der Waals surface area contributed by atoms with Gasteiger partial charge in [-0.2, -0.15) is 0 Å². The van der Waals surface area contributed by atoms with E-state index >= 15 is 0 Å². The third-order valence-corrected chi connectivity index (χ3v) is 4.83. The molecule has 0 amide bonds. The maximum absolute atomic E-state index is 12.1. The minimum absolute atomic E-state index is 0.169. The summed E-state index contributed by atoms with van der Waals surface area (Å²) in [6, 6.07) is 7.46. The highest BCUT2D eigenvalue weighted by Gasteiger charge is 2.36. The number of anilines is 1. The smallest absolute Gasteiger partial charge is 0.270 e. The molecular weight excluding hydrogens is 223 g/mol. The number of hydrogen-bond acceptors (Lipinski definition) is 3. The molecule has 2 atom stereocenters. The molecule has 0 aliphatic carbocycles. The first kappa shape index (κ1) is 11.6. The zero-order chi connectivity index (χ0) is 11.8. The normalized spacial score (nSPS) is 21.4. The van der Waals surface area contributed by atoms with Gasteiger partial charge >= 0.3 is 0 Å². The molecule has 1 saturated heterocycles. The fourth-order valence-electron chi connectivity index (χ4n) is 1.60. The second kappa shape index (κ2) is 4.21. The van der Waals surface area contributed by atoms with Crippen molar-refractivity contribution in [1.82, 2.24) is 4.67 Å². The molecule has 1 aromatic rings. The van der Waals surface area contributed by atoms with Gasteiger partial charge in [0, 0.05) is 25.4 Å².